The highest BCUT2D eigenvalue weighted by Gasteiger charge is 2.50. The van der Waals surface area contributed by atoms with Crippen molar-refractivity contribution < 1.29 is 9.53 Å². The molecule has 0 radical (unpaired) electrons. The number of hydrogen-bond donors (Lipinski definition) is 0. The second-order valence-electron chi connectivity index (χ2n) is 7.47. The molecule has 0 aromatic heterocycles. The zero-order chi connectivity index (χ0) is 16.3. The Labute approximate surface area is 134 Å². The molecule has 22 heavy (non-hydrogen) atoms. The zero-order valence-electron chi connectivity index (χ0n) is 14.4. The van der Waals surface area contributed by atoms with E-state index in [1.807, 2.05) is 36.4 Å². The molecule has 1 aromatic carbocycles. The molecule has 2 rings (SSSR count). The Morgan fingerprint density at radius 2 is 1.91 bits per heavy atom. The summed E-state index contributed by atoms with van der Waals surface area (Å²) in [7, 11) is 0. The van der Waals surface area contributed by atoms with Crippen LogP contribution in [-0.4, -0.2) is 12.1 Å². The van der Waals surface area contributed by atoms with Crippen molar-refractivity contribution in [1.29, 1.82) is 0 Å². The number of ether oxygens (including phenoxy) is 1. The Morgan fingerprint density at radius 1 is 1.27 bits per heavy atom. The molecule has 0 N–H and O–H groups in total. The minimum absolute atomic E-state index is 0.00261. The molecule has 2 heteroatoms. The minimum Gasteiger partial charge on any atom is -0.459 e. The first-order valence-corrected chi connectivity index (χ1v) is 8.26. The topological polar surface area (TPSA) is 26.3 Å². The average molecular weight is 300 g/mol. The van der Waals surface area contributed by atoms with Crippen LogP contribution in [0.25, 0.3) is 6.08 Å². The van der Waals surface area contributed by atoms with Gasteiger partial charge in [0.2, 0.25) is 0 Å². The van der Waals surface area contributed by atoms with Gasteiger partial charge in [-0.2, -0.15) is 0 Å². The molecule has 1 aliphatic carbocycles. The maximum absolute atomic E-state index is 12.1. The molecule has 1 aliphatic rings. The smallest absolute Gasteiger partial charge is 0.331 e. The third-order valence-corrected chi connectivity index (χ3v) is 5.08. The lowest BCUT2D eigenvalue weighted by molar-refractivity contribution is -0.148. The van der Waals surface area contributed by atoms with Crippen molar-refractivity contribution in [2.24, 2.45) is 23.2 Å². The second-order valence-corrected chi connectivity index (χ2v) is 7.47. The number of esters is 1. The molecule has 0 saturated heterocycles. The summed E-state index contributed by atoms with van der Waals surface area (Å²) in [4.78, 5) is 12.1. The highest BCUT2D eigenvalue weighted by molar-refractivity contribution is 5.87. The van der Waals surface area contributed by atoms with Crippen molar-refractivity contribution in [1.82, 2.24) is 0 Å². The van der Waals surface area contributed by atoms with Gasteiger partial charge in [0.25, 0.3) is 0 Å². The van der Waals surface area contributed by atoms with Crippen LogP contribution in [0.4, 0.5) is 0 Å². The van der Waals surface area contributed by atoms with Gasteiger partial charge in [0.15, 0.2) is 0 Å². The van der Waals surface area contributed by atoms with Gasteiger partial charge in [-0.05, 0) is 35.8 Å². The van der Waals surface area contributed by atoms with E-state index in [1.54, 1.807) is 6.08 Å². The van der Waals surface area contributed by atoms with Gasteiger partial charge < -0.3 is 4.74 Å². The Balaban J connectivity index is 2.01. The van der Waals surface area contributed by atoms with E-state index < -0.39 is 0 Å². The Hall–Kier alpha value is -1.57. The summed E-state index contributed by atoms with van der Waals surface area (Å²) >= 11 is 0. The average Bonchev–Trinajstić information content (AvgIpc) is 2.67. The molecule has 1 aromatic rings. The van der Waals surface area contributed by atoms with Gasteiger partial charge >= 0.3 is 5.97 Å². The number of benzene rings is 1. The molecule has 1 fully saturated rings. The molecule has 3 unspecified atom stereocenters. The van der Waals surface area contributed by atoms with E-state index in [-0.39, 0.29) is 17.5 Å². The van der Waals surface area contributed by atoms with Crippen LogP contribution >= 0.6 is 0 Å². The van der Waals surface area contributed by atoms with Crippen LogP contribution in [0.15, 0.2) is 36.4 Å². The van der Waals surface area contributed by atoms with E-state index in [1.165, 1.54) is 0 Å². The summed E-state index contributed by atoms with van der Waals surface area (Å²) in [6.45, 7) is 11.3. The highest BCUT2D eigenvalue weighted by Crippen LogP contribution is 2.51. The molecule has 0 aliphatic heterocycles. The summed E-state index contributed by atoms with van der Waals surface area (Å²) in [6, 6.07) is 9.82. The standard InChI is InChI=1S/C20H28O2/c1-14(2)19-15(3)13-17(20(19,4)5)22-18(21)12-11-16-9-7-6-8-10-16/h6-12,14-15,17,19H,13H2,1-5H3. The van der Waals surface area contributed by atoms with Crippen molar-refractivity contribution in [3.05, 3.63) is 42.0 Å². The lowest BCUT2D eigenvalue weighted by Gasteiger charge is -2.35. The van der Waals surface area contributed by atoms with Crippen molar-refractivity contribution in [2.45, 2.75) is 47.1 Å². The van der Waals surface area contributed by atoms with Crippen LogP contribution in [0, 0.1) is 23.2 Å². The highest BCUT2D eigenvalue weighted by atomic mass is 16.5. The molecule has 120 valence electrons. The predicted molar refractivity (Wildman–Crippen MR) is 91.2 cm³/mol. The Morgan fingerprint density at radius 3 is 2.45 bits per heavy atom. The Bertz CT molecular complexity index is 528. The number of rotatable bonds is 4. The number of carbonyl (C=O) groups excluding carboxylic acids is 1. The first-order chi connectivity index (χ1) is 10.3. The largest absolute Gasteiger partial charge is 0.459 e. The third-order valence-electron chi connectivity index (χ3n) is 5.08. The third kappa shape index (κ3) is 3.60. The van der Waals surface area contributed by atoms with Crippen LogP contribution in [-0.2, 0) is 9.53 Å². The molecule has 1 saturated carbocycles. The van der Waals surface area contributed by atoms with Crippen molar-refractivity contribution >= 4 is 12.0 Å². The van der Waals surface area contributed by atoms with Crippen molar-refractivity contribution in [3.63, 3.8) is 0 Å². The summed E-state index contributed by atoms with van der Waals surface area (Å²) < 4.78 is 5.77. The van der Waals surface area contributed by atoms with Crippen LogP contribution in [0.3, 0.4) is 0 Å². The summed E-state index contributed by atoms with van der Waals surface area (Å²) in [6.07, 6.45) is 4.32. The fourth-order valence-corrected chi connectivity index (χ4v) is 4.36. The SMILES string of the molecule is CC(C)C1C(C)CC(OC(=O)C=Cc2ccccc2)C1(C)C. The van der Waals surface area contributed by atoms with Crippen LogP contribution in [0.5, 0.6) is 0 Å². The van der Waals surface area contributed by atoms with Gasteiger partial charge in [-0.1, -0.05) is 65.0 Å². The maximum atomic E-state index is 12.1. The van der Waals surface area contributed by atoms with E-state index >= 15 is 0 Å². The van der Waals surface area contributed by atoms with Gasteiger partial charge in [0.05, 0.1) is 0 Å². The van der Waals surface area contributed by atoms with E-state index in [0.717, 1.165) is 12.0 Å². The van der Waals surface area contributed by atoms with E-state index in [0.29, 0.717) is 17.8 Å². The number of carbonyl (C=O) groups is 1. The molecule has 2 nitrogen and oxygen atoms in total. The van der Waals surface area contributed by atoms with E-state index in [2.05, 4.69) is 34.6 Å². The quantitative estimate of drug-likeness (QED) is 0.581. The van der Waals surface area contributed by atoms with Gasteiger partial charge in [-0.3, -0.25) is 0 Å². The molecular formula is C20H28O2. The van der Waals surface area contributed by atoms with Gasteiger partial charge in [0, 0.05) is 11.5 Å². The van der Waals surface area contributed by atoms with Crippen LogP contribution in [0.2, 0.25) is 0 Å². The Kier molecular flexibility index (Phi) is 5.10. The first-order valence-electron chi connectivity index (χ1n) is 8.26. The maximum Gasteiger partial charge on any atom is 0.331 e. The zero-order valence-corrected chi connectivity index (χ0v) is 14.4. The molecule has 0 heterocycles. The fourth-order valence-electron chi connectivity index (χ4n) is 4.36. The number of hydrogen-bond acceptors (Lipinski definition) is 2. The van der Waals surface area contributed by atoms with Crippen LogP contribution < -0.4 is 0 Å². The molecular weight excluding hydrogens is 272 g/mol. The first kappa shape index (κ1) is 16.8. The lowest BCUT2D eigenvalue weighted by atomic mass is 9.72. The molecule has 3 atom stereocenters. The molecule has 0 spiro atoms. The molecule has 0 amide bonds. The fraction of sp³-hybridized carbons (Fsp3) is 0.550. The van der Waals surface area contributed by atoms with Gasteiger partial charge in [-0.25, -0.2) is 4.79 Å². The summed E-state index contributed by atoms with van der Waals surface area (Å²) in [5.74, 6) is 1.54. The summed E-state index contributed by atoms with van der Waals surface area (Å²) in [5.41, 5.74) is 1.04. The van der Waals surface area contributed by atoms with Gasteiger partial charge in [0.1, 0.15) is 6.10 Å². The van der Waals surface area contributed by atoms with E-state index in [4.69, 9.17) is 4.74 Å². The molecule has 0 bridgehead atoms. The normalized spacial score (nSPS) is 27.5. The second kappa shape index (κ2) is 6.68. The summed E-state index contributed by atoms with van der Waals surface area (Å²) in [5, 5.41) is 0. The van der Waals surface area contributed by atoms with Crippen molar-refractivity contribution in [2.75, 3.05) is 0 Å². The van der Waals surface area contributed by atoms with Crippen molar-refractivity contribution in [3.8, 4) is 0 Å². The minimum atomic E-state index is -0.237. The van der Waals surface area contributed by atoms with Crippen LogP contribution in [0.1, 0.15) is 46.6 Å². The predicted octanol–water partition coefficient (Wildman–Crippen LogP) is 4.95. The van der Waals surface area contributed by atoms with Gasteiger partial charge in [-0.15, -0.1) is 0 Å². The monoisotopic (exact) mass is 300 g/mol. The van der Waals surface area contributed by atoms with E-state index in [9.17, 15) is 4.79 Å². The lowest BCUT2D eigenvalue weighted by Crippen LogP contribution is -2.35.